The molecule has 0 unspecified atom stereocenters. The quantitative estimate of drug-likeness (QED) is 0.752. The average molecular weight is 364 g/mol. The monoisotopic (exact) mass is 364 g/mol. The number of aryl methyl sites for hydroxylation is 2. The maximum Gasteiger partial charge on any atom is 0.254 e. The Hall–Kier alpha value is -2.89. The van der Waals surface area contributed by atoms with E-state index in [2.05, 4.69) is 15.0 Å². The highest BCUT2D eigenvalue weighted by Gasteiger charge is 2.21. The Bertz CT molecular complexity index is 956. The number of nitrogens with one attached hydrogen (secondary N) is 1. The number of aromatic nitrogens is 3. The lowest BCUT2D eigenvalue weighted by atomic mass is 9.94. The van der Waals surface area contributed by atoms with Gasteiger partial charge in [0.1, 0.15) is 11.5 Å². The molecule has 27 heavy (non-hydrogen) atoms. The topological polar surface area (TPSA) is 73.0 Å². The van der Waals surface area contributed by atoms with Crippen LogP contribution >= 0.6 is 0 Å². The first-order chi connectivity index (χ1) is 13.1. The molecule has 0 atom stereocenters. The van der Waals surface area contributed by atoms with Crippen LogP contribution in [-0.2, 0) is 19.4 Å². The van der Waals surface area contributed by atoms with E-state index in [1.54, 1.807) is 18.5 Å². The van der Waals surface area contributed by atoms with Gasteiger partial charge in [-0.05, 0) is 57.7 Å². The molecule has 3 heterocycles. The summed E-state index contributed by atoms with van der Waals surface area (Å²) in [5.74, 6) is 1.31. The summed E-state index contributed by atoms with van der Waals surface area (Å²) in [6.45, 7) is 4.86. The fraction of sp³-hybridized carbons (Fsp3) is 0.381. The summed E-state index contributed by atoms with van der Waals surface area (Å²) in [6.07, 6.45) is 8.10. The zero-order valence-corrected chi connectivity index (χ0v) is 15.8. The van der Waals surface area contributed by atoms with Crippen molar-refractivity contribution >= 4 is 5.91 Å². The van der Waals surface area contributed by atoms with E-state index in [1.807, 2.05) is 26.0 Å². The van der Waals surface area contributed by atoms with Crippen molar-refractivity contribution in [1.82, 2.24) is 20.1 Å². The third-order valence-electron chi connectivity index (χ3n) is 5.11. The van der Waals surface area contributed by atoms with Gasteiger partial charge < -0.3 is 9.73 Å². The molecular weight excluding hydrogens is 340 g/mol. The molecule has 0 saturated heterocycles. The summed E-state index contributed by atoms with van der Waals surface area (Å²) in [7, 11) is 0. The highest BCUT2D eigenvalue weighted by atomic mass is 16.3. The summed E-state index contributed by atoms with van der Waals surface area (Å²) in [6, 6.07) is 5.79. The van der Waals surface area contributed by atoms with Crippen LogP contribution in [0.2, 0.25) is 0 Å². The minimum absolute atomic E-state index is 0.0975. The lowest BCUT2D eigenvalue weighted by Crippen LogP contribution is -2.28. The van der Waals surface area contributed by atoms with E-state index >= 15 is 0 Å². The number of hydrogen-bond acceptors (Lipinski definition) is 4. The summed E-state index contributed by atoms with van der Waals surface area (Å²) >= 11 is 0. The smallest absolute Gasteiger partial charge is 0.254 e. The highest BCUT2D eigenvalue weighted by molar-refractivity contribution is 5.95. The van der Waals surface area contributed by atoms with Crippen molar-refractivity contribution in [3.8, 4) is 11.3 Å². The zero-order chi connectivity index (χ0) is 18.8. The van der Waals surface area contributed by atoms with Gasteiger partial charge in [0.15, 0.2) is 0 Å². The Kier molecular flexibility index (Phi) is 4.79. The van der Waals surface area contributed by atoms with Gasteiger partial charge in [0, 0.05) is 35.8 Å². The van der Waals surface area contributed by atoms with E-state index in [0.29, 0.717) is 24.4 Å². The van der Waals surface area contributed by atoms with Crippen LogP contribution in [0.1, 0.15) is 46.0 Å². The van der Waals surface area contributed by atoms with Gasteiger partial charge >= 0.3 is 0 Å². The van der Waals surface area contributed by atoms with Crippen LogP contribution in [0.3, 0.4) is 0 Å². The van der Waals surface area contributed by atoms with Crippen LogP contribution in [0.4, 0.5) is 0 Å². The SMILES string of the molecule is Cc1cc(C(=O)NCCn2nc(-c3ccncc3)c3c2CCCC3)c(C)o1. The maximum atomic E-state index is 12.4. The predicted octanol–water partition coefficient (Wildman–Crippen LogP) is 3.46. The predicted molar refractivity (Wildman–Crippen MR) is 103 cm³/mol. The number of rotatable bonds is 5. The molecule has 4 rings (SSSR count). The number of hydrogen-bond donors (Lipinski definition) is 1. The Morgan fingerprint density at radius 2 is 2.00 bits per heavy atom. The van der Waals surface area contributed by atoms with Crippen molar-refractivity contribution in [2.75, 3.05) is 6.54 Å². The Balaban J connectivity index is 1.50. The lowest BCUT2D eigenvalue weighted by Gasteiger charge is -2.14. The molecule has 0 radical (unpaired) electrons. The fourth-order valence-corrected chi connectivity index (χ4v) is 3.82. The molecule has 3 aromatic rings. The molecule has 0 bridgehead atoms. The molecule has 0 aliphatic heterocycles. The number of carbonyl (C=O) groups excluding carboxylic acids is 1. The number of nitrogens with zero attached hydrogens (tertiary/aromatic N) is 3. The van der Waals surface area contributed by atoms with Crippen LogP contribution in [0, 0.1) is 13.8 Å². The van der Waals surface area contributed by atoms with E-state index in [9.17, 15) is 4.79 Å². The molecule has 3 aromatic heterocycles. The molecule has 1 aliphatic carbocycles. The van der Waals surface area contributed by atoms with Gasteiger partial charge in [-0.15, -0.1) is 0 Å². The van der Waals surface area contributed by atoms with Crippen molar-refractivity contribution < 1.29 is 9.21 Å². The van der Waals surface area contributed by atoms with Gasteiger partial charge in [0.05, 0.1) is 17.8 Å². The number of fused-ring (bicyclic) bond motifs is 1. The van der Waals surface area contributed by atoms with Crippen LogP contribution in [0.15, 0.2) is 35.0 Å². The standard InChI is InChI=1S/C21H24N4O2/c1-14-13-18(15(2)27-14)21(26)23-11-12-25-19-6-4-3-5-17(19)20(24-25)16-7-9-22-10-8-16/h7-10,13H,3-6,11-12H2,1-2H3,(H,23,26). The van der Waals surface area contributed by atoms with Gasteiger partial charge in [-0.3, -0.25) is 14.5 Å². The van der Waals surface area contributed by atoms with Crippen molar-refractivity contribution in [3.05, 3.63) is 58.9 Å². The minimum atomic E-state index is -0.0975. The van der Waals surface area contributed by atoms with Gasteiger partial charge in [-0.1, -0.05) is 0 Å². The first kappa shape index (κ1) is 17.5. The first-order valence-corrected chi connectivity index (χ1v) is 9.47. The van der Waals surface area contributed by atoms with Gasteiger partial charge in [0.2, 0.25) is 0 Å². The van der Waals surface area contributed by atoms with E-state index in [4.69, 9.17) is 9.52 Å². The van der Waals surface area contributed by atoms with E-state index < -0.39 is 0 Å². The summed E-state index contributed by atoms with van der Waals surface area (Å²) < 4.78 is 7.51. The number of amides is 1. The van der Waals surface area contributed by atoms with Crippen molar-refractivity contribution in [1.29, 1.82) is 0 Å². The summed E-state index contributed by atoms with van der Waals surface area (Å²) in [4.78, 5) is 16.5. The van der Waals surface area contributed by atoms with Crippen molar-refractivity contribution in [2.24, 2.45) is 0 Å². The Labute approximate surface area is 158 Å². The van der Waals surface area contributed by atoms with Crippen LogP contribution in [-0.4, -0.2) is 27.2 Å². The molecule has 140 valence electrons. The average Bonchev–Trinajstić information content (AvgIpc) is 3.22. The minimum Gasteiger partial charge on any atom is -0.466 e. The lowest BCUT2D eigenvalue weighted by molar-refractivity contribution is 0.0950. The number of carbonyl (C=O) groups is 1. The van der Waals surface area contributed by atoms with Gasteiger partial charge in [-0.2, -0.15) is 5.10 Å². The zero-order valence-electron chi connectivity index (χ0n) is 15.8. The van der Waals surface area contributed by atoms with Crippen LogP contribution < -0.4 is 5.32 Å². The second kappa shape index (κ2) is 7.39. The maximum absolute atomic E-state index is 12.4. The molecule has 6 nitrogen and oxygen atoms in total. The van der Waals surface area contributed by atoms with E-state index in [1.165, 1.54) is 24.1 Å². The Morgan fingerprint density at radius 1 is 1.22 bits per heavy atom. The third-order valence-corrected chi connectivity index (χ3v) is 5.11. The van der Waals surface area contributed by atoms with Gasteiger partial charge in [-0.25, -0.2) is 0 Å². The number of furan rings is 1. The van der Waals surface area contributed by atoms with E-state index in [-0.39, 0.29) is 5.91 Å². The molecular formula is C21H24N4O2. The molecule has 6 heteroatoms. The van der Waals surface area contributed by atoms with Crippen LogP contribution in [0.25, 0.3) is 11.3 Å². The first-order valence-electron chi connectivity index (χ1n) is 9.47. The number of pyridine rings is 1. The largest absolute Gasteiger partial charge is 0.466 e. The molecule has 0 aromatic carbocycles. The molecule has 0 saturated carbocycles. The second-order valence-corrected chi connectivity index (χ2v) is 7.02. The summed E-state index contributed by atoms with van der Waals surface area (Å²) in [5.41, 5.74) is 5.42. The van der Waals surface area contributed by atoms with E-state index in [0.717, 1.165) is 29.9 Å². The van der Waals surface area contributed by atoms with Gasteiger partial charge in [0.25, 0.3) is 5.91 Å². The molecule has 1 amide bonds. The summed E-state index contributed by atoms with van der Waals surface area (Å²) in [5, 5.41) is 7.86. The van der Waals surface area contributed by atoms with Crippen molar-refractivity contribution in [3.63, 3.8) is 0 Å². The second-order valence-electron chi connectivity index (χ2n) is 7.02. The molecule has 1 N–H and O–H groups in total. The van der Waals surface area contributed by atoms with Crippen LogP contribution in [0.5, 0.6) is 0 Å². The fourth-order valence-electron chi connectivity index (χ4n) is 3.82. The van der Waals surface area contributed by atoms with Crippen molar-refractivity contribution in [2.45, 2.75) is 46.1 Å². The highest BCUT2D eigenvalue weighted by Crippen LogP contribution is 2.30. The normalized spacial score (nSPS) is 13.4. The molecule has 0 fully saturated rings. The third kappa shape index (κ3) is 3.52. The Morgan fingerprint density at radius 3 is 2.74 bits per heavy atom. The molecule has 0 spiro atoms. The molecule has 1 aliphatic rings.